The largest absolute Gasteiger partial charge is 0.411 e. The van der Waals surface area contributed by atoms with Gasteiger partial charge in [-0.15, -0.1) is 0 Å². The fourth-order valence-corrected chi connectivity index (χ4v) is 1.19. The van der Waals surface area contributed by atoms with Crippen LogP contribution in [0.4, 0.5) is 13.2 Å². The van der Waals surface area contributed by atoms with Crippen LogP contribution in [0.15, 0.2) is 40.9 Å². The lowest BCUT2D eigenvalue weighted by molar-refractivity contribution is -0.0799. The first kappa shape index (κ1) is 11.9. The summed E-state index contributed by atoms with van der Waals surface area (Å²) in [6.07, 6.45) is -4.23. The first-order valence-electron chi connectivity index (χ1n) is 3.99. The van der Waals surface area contributed by atoms with E-state index in [0.29, 0.717) is 5.56 Å². The van der Waals surface area contributed by atoms with Crippen molar-refractivity contribution in [3.8, 4) is 11.8 Å². The Labute approximate surface area is 93.9 Å². The molecule has 1 aromatic rings. The SMILES string of the molecule is FC(F)(F)/C=C(\Br)C#Cc1ccccc1. The molecule has 4 heteroatoms. The van der Waals surface area contributed by atoms with E-state index in [-0.39, 0.29) is 10.6 Å². The number of alkyl halides is 3. The van der Waals surface area contributed by atoms with Gasteiger partial charge in [-0.05, 0) is 28.1 Å². The molecule has 0 N–H and O–H groups in total. The average Bonchev–Trinajstić information content (AvgIpc) is 2.14. The molecular formula is C11H6BrF3. The average molecular weight is 275 g/mol. The van der Waals surface area contributed by atoms with Crippen molar-refractivity contribution in [2.24, 2.45) is 0 Å². The summed E-state index contributed by atoms with van der Waals surface area (Å²) in [5.74, 6) is 4.97. The summed E-state index contributed by atoms with van der Waals surface area (Å²) in [7, 11) is 0. The normalized spacial score (nSPS) is 11.9. The second kappa shape index (κ2) is 5.04. The van der Waals surface area contributed by atoms with Gasteiger partial charge in [0.1, 0.15) is 0 Å². The molecular weight excluding hydrogens is 269 g/mol. The van der Waals surface area contributed by atoms with Gasteiger partial charge in [0.05, 0.1) is 4.48 Å². The lowest BCUT2D eigenvalue weighted by atomic mass is 10.2. The predicted molar refractivity (Wildman–Crippen MR) is 56.4 cm³/mol. The Balaban J connectivity index is 2.80. The minimum Gasteiger partial charge on any atom is -0.167 e. The maximum Gasteiger partial charge on any atom is 0.411 e. The highest BCUT2D eigenvalue weighted by Crippen LogP contribution is 2.20. The summed E-state index contributed by atoms with van der Waals surface area (Å²) < 4.78 is 35.4. The Bertz CT molecular complexity index is 407. The van der Waals surface area contributed by atoms with Crippen molar-refractivity contribution < 1.29 is 13.2 Å². The molecule has 78 valence electrons. The Morgan fingerprint density at radius 2 is 1.80 bits per heavy atom. The molecule has 0 amide bonds. The Hall–Kier alpha value is -1.21. The first-order valence-corrected chi connectivity index (χ1v) is 4.79. The van der Waals surface area contributed by atoms with Crippen LogP contribution < -0.4 is 0 Å². The number of benzene rings is 1. The van der Waals surface area contributed by atoms with E-state index in [4.69, 9.17) is 0 Å². The molecule has 15 heavy (non-hydrogen) atoms. The Kier molecular flexibility index (Phi) is 3.98. The van der Waals surface area contributed by atoms with Crippen LogP contribution >= 0.6 is 15.9 Å². The van der Waals surface area contributed by atoms with Gasteiger partial charge in [-0.3, -0.25) is 0 Å². The monoisotopic (exact) mass is 274 g/mol. The first-order chi connectivity index (χ1) is 6.97. The standard InChI is InChI=1S/C11H6BrF3/c12-10(8-11(13,14)15)7-6-9-4-2-1-3-5-9/h1-5,8H/b10-8-. The summed E-state index contributed by atoms with van der Waals surface area (Å²) in [6, 6.07) is 8.80. The van der Waals surface area contributed by atoms with Crippen molar-refractivity contribution in [1.82, 2.24) is 0 Å². The molecule has 0 heterocycles. The minimum atomic E-state index is -4.34. The molecule has 0 bridgehead atoms. The zero-order valence-corrected chi connectivity index (χ0v) is 9.06. The van der Waals surface area contributed by atoms with Crippen LogP contribution in [-0.4, -0.2) is 6.18 Å². The molecule has 0 aliphatic rings. The lowest BCUT2D eigenvalue weighted by Crippen LogP contribution is -2.01. The van der Waals surface area contributed by atoms with E-state index in [2.05, 4.69) is 27.8 Å². The van der Waals surface area contributed by atoms with Crippen LogP contribution in [0.2, 0.25) is 0 Å². The van der Waals surface area contributed by atoms with E-state index in [9.17, 15) is 13.2 Å². The molecule has 0 saturated carbocycles. The highest BCUT2D eigenvalue weighted by Gasteiger charge is 2.23. The third-order valence-corrected chi connectivity index (χ3v) is 1.82. The van der Waals surface area contributed by atoms with Gasteiger partial charge in [0.2, 0.25) is 0 Å². The summed E-state index contributed by atoms with van der Waals surface area (Å²) in [4.78, 5) is 0. The molecule has 0 saturated heterocycles. The van der Waals surface area contributed by atoms with E-state index >= 15 is 0 Å². The lowest BCUT2D eigenvalue weighted by Gasteiger charge is -1.96. The van der Waals surface area contributed by atoms with Crippen LogP contribution in [0.25, 0.3) is 0 Å². The third kappa shape index (κ3) is 5.28. The van der Waals surface area contributed by atoms with Crippen molar-refractivity contribution in [3.05, 3.63) is 46.5 Å². The summed E-state index contributed by atoms with van der Waals surface area (Å²) >= 11 is 2.74. The molecule has 0 atom stereocenters. The van der Waals surface area contributed by atoms with Crippen molar-refractivity contribution in [1.29, 1.82) is 0 Å². The fourth-order valence-electron chi connectivity index (χ4n) is 0.833. The van der Waals surface area contributed by atoms with Crippen molar-refractivity contribution in [2.45, 2.75) is 6.18 Å². The molecule has 0 fully saturated rings. The van der Waals surface area contributed by atoms with E-state index in [1.165, 1.54) is 0 Å². The van der Waals surface area contributed by atoms with Gasteiger partial charge in [0.25, 0.3) is 0 Å². The number of rotatable bonds is 0. The molecule has 0 aliphatic carbocycles. The second-order valence-corrected chi connectivity index (χ2v) is 3.50. The van der Waals surface area contributed by atoms with Gasteiger partial charge in [-0.1, -0.05) is 30.0 Å². The van der Waals surface area contributed by atoms with Gasteiger partial charge < -0.3 is 0 Å². The van der Waals surface area contributed by atoms with Gasteiger partial charge in [-0.2, -0.15) is 13.2 Å². The molecule has 0 unspecified atom stereocenters. The van der Waals surface area contributed by atoms with Crippen LogP contribution in [-0.2, 0) is 0 Å². The van der Waals surface area contributed by atoms with Crippen LogP contribution in [0.1, 0.15) is 5.56 Å². The van der Waals surface area contributed by atoms with Crippen LogP contribution in [0.3, 0.4) is 0 Å². The van der Waals surface area contributed by atoms with Gasteiger partial charge in [0.15, 0.2) is 0 Å². The number of hydrogen-bond acceptors (Lipinski definition) is 0. The molecule has 0 radical (unpaired) electrons. The quantitative estimate of drug-likeness (QED) is 0.630. The van der Waals surface area contributed by atoms with Gasteiger partial charge >= 0.3 is 6.18 Å². The van der Waals surface area contributed by atoms with Crippen molar-refractivity contribution >= 4 is 15.9 Å². The maximum absolute atomic E-state index is 11.9. The minimum absolute atomic E-state index is 0.114. The zero-order chi connectivity index (χ0) is 11.3. The zero-order valence-electron chi connectivity index (χ0n) is 7.48. The molecule has 0 aliphatic heterocycles. The van der Waals surface area contributed by atoms with Crippen molar-refractivity contribution in [3.63, 3.8) is 0 Å². The molecule has 0 nitrogen and oxygen atoms in total. The molecule has 1 aromatic carbocycles. The third-order valence-electron chi connectivity index (χ3n) is 1.39. The predicted octanol–water partition coefficient (Wildman–Crippen LogP) is 3.88. The smallest absolute Gasteiger partial charge is 0.167 e. The molecule has 1 rings (SSSR count). The second-order valence-electron chi connectivity index (χ2n) is 2.65. The number of halogens is 4. The summed E-state index contributed by atoms with van der Waals surface area (Å²) in [5, 5.41) is 0. The van der Waals surface area contributed by atoms with E-state index in [0.717, 1.165) is 0 Å². The number of hydrogen-bond donors (Lipinski definition) is 0. The molecule has 0 aromatic heterocycles. The van der Waals surface area contributed by atoms with Gasteiger partial charge in [0, 0.05) is 11.6 Å². The Morgan fingerprint density at radius 3 is 2.33 bits per heavy atom. The summed E-state index contributed by atoms with van der Waals surface area (Å²) in [6.45, 7) is 0. The topological polar surface area (TPSA) is 0 Å². The van der Waals surface area contributed by atoms with Crippen molar-refractivity contribution in [2.75, 3.05) is 0 Å². The van der Waals surface area contributed by atoms with E-state index in [1.54, 1.807) is 24.3 Å². The highest BCUT2D eigenvalue weighted by atomic mass is 79.9. The molecule has 0 spiro atoms. The summed E-state index contributed by atoms with van der Waals surface area (Å²) in [5.41, 5.74) is 0.671. The van der Waals surface area contributed by atoms with Crippen LogP contribution in [0, 0.1) is 11.8 Å². The fraction of sp³-hybridized carbons (Fsp3) is 0.0909. The van der Waals surface area contributed by atoms with Gasteiger partial charge in [-0.25, -0.2) is 0 Å². The number of allylic oxidation sites excluding steroid dienone is 2. The maximum atomic E-state index is 11.9. The van der Waals surface area contributed by atoms with E-state index < -0.39 is 6.18 Å². The van der Waals surface area contributed by atoms with E-state index in [1.807, 2.05) is 6.07 Å². The van der Waals surface area contributed by atoms with Crippen LogP contribution in [0.5, 0.6) is 0 Å². The Morgan fingerprint density at radius 1 is 1.20 bits per heavy atom. The highest BCUT2D eigenvalue weighted by molar-refractivity contribution is 9.12.